The second-order valence-corrected chi connectivity index (χ2v) is 6.83. The second-order valence-electron chi connectivity index (χ2n) is 5.72. The number of anilines is 1. The van der Waals surface area contributed by atoms with Gasteiger partial charge in [-0.05, 0) is 36.8 Å². The van der Waals surface area contributed by atoms with E-state index in [2.05, 4.69) is 15.6 Å². The van der Waals surface area contributed by atoms with E-state index in [-0.39, 0.29) is 5.76 Å². The quantitative estimate of drug-likeness (QED) is 0.675. The maximum atomic E-state index is 13.3. The number of furan rings is 1. The monoisotopic (exact) mass is 391 g/mol. The number of rotatable bonds is 6. The molecule has 140 valence electrons. The number of benzene rings is 1. The van der Waals surface area contributed by atoms with Crippen molar-refractivity contribution >= 4 is 28.3 Å². The number of carbonyl (C=O) groups is 2. The third kappa shape index (κ3) is 4.76. The number of nitrogens with zero attached hydrogens (tertiary/aromatic N) is 1. The molecule has 2 amide bonds. The molecule has 0 radical (unpaired) electrons. The van der Waals surface area contributed by atoms with Crippen molar-refractivity contribution in [1.82, 2.24) is 10.3 Å². The molecular formula is C18H15F2N3O3S. The average molecular weight is 391 g/mol. The molecule has 0 spiro atoms. The van der Waals surface area contributed by atoms with Crippen LogP contribution in [0.4, 0.5) is 13.9 Å². The zero-order valence-corrected chi connectivity index (χ0v) is 15.0. The van der Waals surface area contributed by atoms with Gasteiger partial charge in [0.1, 0.15) is 6.04 Å². The molecule has 2 heterocycles. The largest absolute Gasteiger partial charge is 0.459 e. The van der Waals surface area contributed by atoms with Gasteiger partial charge in [0.25, 0.3) is 5.91 Å². The van der Waals surface area contributed by atoms with Crippen LogP contribution in [0.25, 0.3) is 0 Å². The number of halogens is 2. The summed E-state index contributed by atoms with van der Waals surface area (Å²) in [6.07, 6.45) is 3.27. The Bertz CT molecular complexity index is 957. The molecule has 27 heavy (non-hydrogen) atoms. The lowest BCUT2D eigenvalue weighted by Crippen LogP contribution is -2.41. The molecule has 0 aliphatic rings. The standard InChI is InChI=1S/C18H15F2N3O3S/c1-10(22-17(25)15-3-2-6-26-15)16(24)23-18-21-9-12(27-18)7-11-4-5-13(19)14(20)8-11/h2-6,8-10H,7H2,1H3,(H,22,25)(H,21,23,24)/t10-/m0/s1. The molecule has 0 unspecified atom stereocenters. The highest BCUT2D eigenvalue weighted by atomic mass is 32.1. The third-order valence-electron chi connectivity index (χ3n) is 3.63. The highest BCUT2D eigenvalue weighted by Gasteiger charge is 2.19. The van der Waals surface area contributed by atoms with Gasteiger partial charge in [-0.25, -0.2) is 13.8 Å². The highest BCUT2D eigenvalue weighted by Crippen LogP contribution is 2.22. The molecule has 3 aromatic rings. The molecular weight excluding hydrogens is 376 g/mol. The van der Waals surface area contributed by atoms with E-state index in [1.807, 2.05) is 0 Å². The fraction of sp³-hybridized carbons (Fsp3) is 0.167. The first kappa shape index (κ1) is 18.7. The SMILES string of the molecule is C[C@H](NC(=O)c1ccco1)C(=O)Nc1ncc(Cc2ccc(F)c(F)c2)s1. The Morgan fingerprint density at radius 2 is 2.07 bits per heavy atom. The molecule has 0 saturated heterocycles. The van der Waals surface area contributed by atoms with Crippen molar-refractivity contribution in [2.24, 2.45) is 0 Å². The van der Waals surface area contributed by atoms with Crippen LogP contribution < -0.4 is 10.6 Å². The van der Waals surface area contributed by atoms with E-state index in [9.17, 15) is 18.4 Å². The molecule has 9 heteroatoms. The smallest absolute Gasteiger partial charge is 0.287 e. The van der Waals surface area contributed by atoms with Crippen molar-refractivity contribution in [3.63, 3.8) is 0 Å². The van der Waals surface area contributed by atoms with Crippen molar-refractivity contribution in [2.75, 3.05) is 5.32 Å². The van der Waals surface area contributed by atoms with E-state index in [1.165, 1.54) is 36.7 Å². The minimum atomic E-state index is -0.910. The van der Waals surface area contributed by atoms with Crippen LogP contribution in [0.15, 0.2) is 47.2 Å². The normalized spacial score (nSPS) is 11.8. The lowest BCUT2D eigenvalue weighted by atomic mass is 10.1. The molecule has 3 rings (SSSR count). The molecule has 0 bridgehead atoms. The van der Waals surface area contributed by atoms with Crippen LogP contribution in [0.1, 0.15) is 27.9 Å². The molecule has 1 aromatic carbocycles. The van der Waals surface area contributed by atoms with Gasteiger partial charge in [-0.1, -0.05) is 6.07 Å². The molecule has 0 fully saturated rings. The van der Waals surface area contributed by atoms with Crippen LogP contribution in [-0.2, 0) is 11.2 Å². The third-order valence-corrected chi connectivity index (χ3v) is 4.54. The van der Waals surface area contributed by atoms with Gasteiger partial charge in [0.15, 0.2) is 22.5 Å². The van der Waals surface area contributed by atoms with E-state index < -0.39 is 29.5 Å². The van der Waals surface area contributed by atoms with Crippen LogP contribution in [0, 0.1) is 11.6 Å². The Morgan fingerprint density at radius 3 is 2.78 bits per heavy atom. The van der Waals surface area contributed by atoms with Crippen molar-refractivity contribution in [3.8, 4) is 0 Å². The predicted molar refractivity (Wildman–Crippen MR) is 95.5 cm³/mol. The topological polar surface area (TPSA) is 84.2 Å². The minimum Gasteiger partial charge on any atom is -0.459 e. The summed E-state index contributed by atoms with van der Waals surface area (Å²) < 4.78 is 31.2. The maximum absolute atomic E-state index is 13.3. The Hall–Kier alpha value is -3.07. The summed E-state index contributed by atoms with van der Waals surface area (Å²) in [4.78, 5) is 28.9. The zero-order chi connectivity index (χ0) is 19.4. The van der Waals surface area contributed by atoms with Gasteiger partial charge in [-0.15, -0.1) is 11.3 Å². The number of amides is 2. The van der Waals surface area contributed by atoms with Gasteiger partial charge in [0.05, 0.1) is 6.26 Å². The van der Waals surface area contributed by atoms with Gasteiger partial charge in [-0.2, -0.15) is 0 Å². The summed E-state index contributed by atoms with van der Waals surface area (Å²) >= 11 is 1.21. The first-order valence-corrected chi connectivity index (χ1v) is 8.78. The van der Waals surface area contributed by atoms with Gasteiger partial charge < -0.3 is 15.1 Å². The number of aromatic nitrogens is 1. The number of thiazole rings is 1. The number of nitrogens with one attached hydrogen (secondary N) is 2. The summed E-state index contributed by atoms with van der Waals surface area (Å²) in [6.45, 7) is 1.53. The van der Waals surface area contributed by atoms with E-state index >= 15 is 0 Å². The van der Waals surface area contributed by atoms with Crippen molar-refractivity contribution in [3.05, 3.63) is 70.6 Å². The molecule has 0 aliphatic heterocycles. The van der Waals surface area contributed by atoms with Crippen LogP contribution in [0.5, 0.6) is 0 Å². The molecule has 2 N–H and O–H groups in total. The van der Waals surface area contributed by atoms with Crippen LogP contribution in [0.3, 0.4) is 0 Å². The fourth-order valence-corrected chi connectivity index (χ4v) is 3.10. The van der Waals surface area contributed by atoms with Gasteiger partial charge in [0, 0.05) is 17.5 Å². The van der Waals surface area contributed by atoms with Crippen LogP contribution >= 0.6 is 11.3 Å². The summed E-state index contributed by atoms with van der Waals surface area (Å²) in [7, 11) is 0. The summed E-state index contributed by atoms with van der Waals surface area (Å²) in [5.74, 6) is -2.64. The summed E-state index contributed by atoms with van der Waals surface area (Å²) in [6, 6.07) is 5.94. The Morgan fingerprint density at radius 1 is 1.26 bits per heavy atom. The average Bonchev–Trinajstić information content (AvgIpc) is 3.30. The van der Waals surface area contributed by atoms with Crippen LogP contribution in [-0.4, -0.2) is 22.8 Å². The fourth-order valence-electron chi connectivity index (χ4n) is 2.25. The van der Waals surface area contributed by atoms with Crippen molar-refractivity contribution in [1.29, 1.82) is 0 Å². The first-order chi connectivity index (χ1) is 12.9. The van der Waals surface area contributed by atoms with Gasteiger partial charge in [0.2, 0.25) is 5.91 Å². The number of carbonyl (C=O) groups excluding carboxylic acids is 2. The molecule has 1 atom stereocenters. The van der Waals surface area contributed by atoms with Gasteiger partial charge in [-0.3, -0.25) is 9.59 Å². The van der Waals surface area contributed by atoms with Crippen molar-refractivity contribution < 1.29 is 22.8 Å². The summed E-state index contributed by atoms with van der Waals surface area (Å²) in [5, 5.41) is 5.47. The van der Waals surface area contributed by atoms with Crippen molar-refractivity contribution in [2.45, 2.75) is 19.4 Å². The molecule has 0 saturated carbocycles. The maximum Gasteiger partial charge on any atom is 0.287 e. The first-order valence-electron chi connectivity index (χ1n) is 7.96. The lowest BCUT2D eigenvalue weighted by molar-refractivity contribution is -0.117. The highest BCUT2D eigenvalue weighted by molar-refractivity contribution is 7.15. The molecule has 6 nitrogen and oxygen atoms in total. The predicted octanol–water partition coefficient (Wildman–Crippen LogP) is 3.36. The molecule has 0 aliphatic carbocycles. The summed E-state index contributed by atoms with van der Waals surface area (Å²) in [5.41, 5.74) is 0.592. The Labute approximate surface area is 157 Å². The van der Waals surface area contributed by atoms with Gasteiger partial charge >= 0.3 is 0 Å². The Balaban J connectivity index is 1.57. The molecule has 2 aromatic heterocycles. The van der Waals surface area contributed by atoms with E-state index in [1.54, 1.807) is 12.3 Å². The number of hydrogen-bond acceptors (Lipinski definition) is 5. The minimum absolute atomic E-state index is 0.109. The lowest BCUT2D eigenvalue weighted by Gasteiger charge is -2.11. The number of hydrogen-bond donors (Lipinski definition) is 2. The van der Waals surface area contributed by atoms with E-state index in [0.29, 0.717) is 17.1 Å². The van der Waals surface area contributed by atoms with Crippen LogP contribution in [0.2, 0.25) is 0 Å². The van der Waals surface area contributed by atoms with E-state index in [4.69, 9.17) is 4.42 Å². The Kier molecular flexibility index (Phi) is 5.60. The van der Waals surface area contributed by atoms with E-state index in [0.717, 1.165) is 17.0 Å². The second kappa shape index (κ2) is 8.09. The zero-order valence-electron chi connectivity index (χ0n) is 14.2.